The third-order valence-electron chi connectivity index (χ3n) is 1.31. The topological polar surface area (TPSA) is 12.9 Å². The minimum absolute atomic E-state index is 0. The van der Waals surface area contributed by atoms with Crippen LogP contribution in [0.5, 0.6) is 0 Å². The fraction of sp³-hybridized carbons (Fsp3) is 0.333. The van der Waals surface area contributed by atoms with Crippen LogP contribution >= 0.6 is 0 Å². The first-order valence-electron chi connectivity index (χ1n) is 3.12. The maximum absolute atomic E-state index is 3.88. The summed E-state index contributed by atoms with van der Waals surface area (Å²) >= 11 is 0. The Kier molecular flexibility index (Phi) is 7.99. The number of nitrogens with zero attached hydrogens (tertiary/aromatic N) is 1. The van der Waals surface area contributed by atoms with Crippen molar-refractivity contribution in [2.75, 3.05) is 0 Å². The third kappa shape index (κ3) is 4.31. The third-order valence-corrected chi connectivity index (χ3v) is 1.31. The van der Waals surface area contributed by atoms with E-state index in [2.05, 4.69) is 25.0 Å². The normalized spacial score (nSPS) is 8.27. The first-order valence-corrected chi connectivity index (χ1v) is 3.12. The van der Waals surface area contributed by atoms with Crippen molar-refractivity contribution in [3.05, 3.63) is 37.5 Å². The van der Waals surface area contributed by atoms with E-state index in [0.29, 0.717) is 5.92 Å². The van der Waals surface area contributed by atoms with E-state index in [1.165, 1.54) is 5.56 Å². The Balaban J connectivity index is 0. The molecule has 0 fully saturated rings. The number of hydrogen-bond donors (Lipinski definition) is 0. The van der Waals surface area contributed by atoms with Crippen LogP contribution in [-0.4, -0.2) is 4.98 Å². The van der Waals surface area contributed by atoms with Gasteiger partial charge in [-0.3, -0.25) is 0 Å². The van der Waals surface area contributed by atoms with Crippen molar-refractivity contribution in [2.45, 2.75) is 19.8 Å². The molecule has 0 saturated carbocycles. The molecule has 11 heavy (non-hydrogen) atoms. The van der Waals surface area contributed by atoms with Gasteiger partial charge >= 0.3 is 21.1 Å². The summed E-state index contributed by atoms with van der Waals surface area (Å²) in [7, 11) is 0. The van der Waals surface area contributed by atoms with Crippen LogP contribution < -0.4 is 0 Å². The maximum Gasteiger partial charge on any atom is 2.00 e. The van der Waals surface area contributed by atoms with E-state index in [4.69, 9.17) is 0 Å². The van der Waals surface area contributed by atoms with Crippen molar-refractivity contribution in [2.24, 2.45) is 0 Å². The summed E-state index contributed by atoms with van der Waals surface area (Å²) in [5, 5.41) is 0. The molecule has 0 aliphatic heterocycles. The Morgan fingerprint density at radius 3 is 2.36 bits per heavy atom. The fourth-order valence-electron chi connectivity index (χ4n) is 0.673. The van der Waals surface area contributed by atoms with Gasteiger partial charge in [0.05, 0.1) is 0 Å². The smallest absolute Gasteiger partial charge is 0.394 e. The molecule has 1 rings (SSSR count). The molecule has 0 saturated heterocycles. The molecule has 0 N–H and O–H groups in total. The van der Waals surface area contributed by atoms with E-state index >= 15 is 0 Å². The summed E-state index contributed by atoms with van der Waals surface area (Å²) < 4.78 is 0. The number of pyridine rings is 1. The quantitative estimate of drug-likeness (QED) is 0.725. The Bertz CT molecular complexity index is 172. The molecule has 60 valence electrons. The van der Waals surface area contributed by atoms with Gasteiger partial charge in [0.1, 0.15) is 0 Å². The van der Waals surface area contributed by atoms with Gasteiger partial charge in [0.2, 0.25) is 0 Å². The van der Waals surface area contributed by atoms with Crippen molar-refractivity contribution in [1.82, 2.24) is 4.98 Å². The van der Waals surface area contributed by atoms with Gasteiger partial charge in [0.25, 0.3) is 0 Å². The standard InChI is InChI=1S/C8H10N.CH3.W/c1-7(2)8-4-3-5-9-6-8;;/h3-4,6-7H,1-2H3;1H3;/q2*-1;+2. The Morgan fingerprint density at radius 1 is 1.45 bits per heavy atom. The van der Waals surface area contributed by atoms with Crippen molar-refractivity contribution in [1.29, 1.82) is 0 Å². The second-order valence-electron chi connectivity index (χ2n) is 2.38. The molecular weight excluding hydrogens is 306 g/mol. The van der Waals surface area contributed by atoms with Crippen LogP contribution in [0.4, 0.5) is 0 Å². The first-order chi connectivity index (χ1) is 4.30. The predicted molar refractivity (Wildman–Crippen MR) is 43.6 cm³/mol. The molecule has 0 aliphatic carbocycles. The van der Waals surface area contributed by atoms with Crippen LogP contribution in [-0.2, 0) is 21.1 Å². The van der Waals surface area contributed by atoms with Crippen molar-refractivity contribution in [3.8, 4) is 0 Å². The minimum atomic E-state index is 0. The number of rotatable bonds is 1. The van der Waals surface area contributed by atoms with Gasteiger partial charge in [0, 0.05) is 0 Å². The molecule has 0 aromatic carbocycles. The van der Waals surface area contributed by atoms with Crippen LogP contribution in [0.3, 0.4) is 0 Å². The maximum atomic E-state index is 3.88. The van der Waals surface area contributed by atoms with Crippen LogP contribution in [0.15, 0.2) is 18.3 Å². The molecule has 0 spiro atoms. The van der Waals surface area contributed by atoms with Crippen molar-refractivity contribution in [3.63, 3.8) is 0 Å². The molecule has 1 nitrogen and oxygen atoms in total. The van der Waals surface area contributed by atoms with Gasteiger partial charge < -0.3 is 12.4 Å². The summed E-state index contributed by atoms with van der Waals surface area (Å²) in [6, 6.07) is 3.88. The summed E-state index contributed by atoms with van der Waals surface area (Å²) in [6.07, 6.45) is 4.59. The average Bonchev–Trinajstić information content (AvgIpc) is 1.90. The molecule has 0 unspecified atom stereocenters. The van der Waals surface area contributed by atoms with Gasteiger partial charge in [-0.1, -0.05) is 26.2 Å². The molecule has 0 aliphatic rings. The molecular formula is C9H13NW. The SMILES string of the molecule is CC(C)c1cc[c-]nc1.[CH3-].[W+2]. The minimum Gasteiger partial charge on any atom is -0.394 e. The predicted octanol–water partition coefficient (Wildman–Crippen LogP) is 2.45. The van der Waals surface area contributed by atoms with E-state index < -0.39 is 0 Å². The van der Waals surface area contributed by atoms with Crippen molar-refractivity contribution >= 4 is 0 Å². The summed E-state index contributed by atoms with van der Waals surface area (Å²) in [5.41, 5.74) is 1.27. The van der Waals surface area contributed by atoms with Crippen LogP contribution in [0.1, 0.15) is 25.3 Å². The molecule has 2 heteroatoms. The Morgan fingerprint density at radius 2 is 2.09 bits per heavy atom. The Hall–Kier alpha value is -0.162. The zero-order valence-electron chi connectivity index (χ0n) is 7.16. The van der Waals surface area contributed by atoms with E-state index in [-0.39, 0.29) is 28.5 Å². The van der Waals surface area contributed by atoms with Gasteiger partial charge in [-0.15, -0.1) is 5.56 Å². The van der Waals surface area contributed by atoms with E-state index in [1.807, 2.05) is 18.3 Å². The van der Waals surface area contributed by atoms with Gasteiger partial charge in [0.15, 0.2) is 0 Å². The summed E-state index contributed by atoms with van der Waals surface area (Å²) in [5.74, 6) is 0.576. The molecule has 0 atom stereocenters. The molecule has 0 bridgehead atoms. The zero-order chi connectivity index (χ0) is 6.69. The monoisotopic (exact) mass is 319 g/mol. The van der Waals surface area contributed by atoms with Gasteiger partial charge in [-0.25, -0.2) is 0 Å². The van der Waals surface area contributed by atoms with E-state index in [9.17, 15) is 0 Å². The molecule has 1 heterocycles. The Labute approximate surface area is 83.5 Å². The summed E-state index contributed by atoms with van der Waals surface area (Å²) in [6.45, 7) is 4.30. The molecule has 0 radical (unpaired) electrons. The van der Waals surface area contributed by atoms with E-state index in [1.54, 1.807) is 0 Å². The van der Waals surface area contributed by atoms with Crippen LogP contribution in [0, 0.1) is 13.6 Å². The van der Waals surface area contributed by atoms with Crippen LogP contribution in [0.25, 0.3) is 0 Å². The van der Waals surface area contributed by atoms with Gasteiger partial charge in [-0.05, 0) is 5.92 Å². The largest absolute Gasteiger partial charge is 2.00 e. The zero-order valence-corrected chi connectivity index (χ0v) is 10.1. The molecule has 0 amide bonds. The van der Waals surface area contributed by atoms with Gasteiger partial charge in [-0.2, -0.15) is 12.1 Å². The fourth-order valence-corrected chi connectivity index (χ4v) is 0.673. The number of aromatic nitrogens is 1. The summed E-state index contributed by atoms with van der Waals surface area (Å²) in [4.78, 5) is 3.88. The average molecular weight is 319 g/mol. The van der Waals surface area contributed by atoms with Crippen LogP contribution in [0.2, 0.25) is 0 Å². The molecule has 1 aromatic heterocycles. The van der Waals surface area contributed by atoms with Crippen molar-refractivity contribution < 1.29 is 21.1 Å². The van der Waals surface area contributed by atoms with E-state index in [0.717, 1.165) is 0 Å². The first kappa shape index (κ1) is 13.4. The number of hydrogen-bond acceptors (Lipinski definition) is 1. The second-order valence-corrected chi connectivity index (χ2v) is 2.38. The second kappa shape index (κ2) is 6.54. The molecule has 1 aromatic rings.